The molecule has 0 radical (unpaired) electrons. The van der Waals surface area contributed by atoms with Crippen molar-refractivity contribution in [3.8, 4) is 17.4 Å². The summed E-state index contributed by atoms with van der Waals surface area (Å²) in [6.45, 7) is 4.69. The van der Waals surface area contributed by atoms with Crippen LogP contribution in [0.4, 0.5) is 0 Å². The second kappa shape index (κ2) is 12.3. The van der Waals surface area contributed by atoms with Gasteiger partial charge in [-0.25, -0.2) is 4.98 Å². The number of nitrogens with zero attached hydrogens (tertiary/aromatic N) is 2. The summed E-state index contributed by atoms with van der Waals surface area (Å²) in [7, 11) is 0. The van der Waals surface area contributed by atoms with E-state index in [4.69, 9.17) is 15.2 Å². The first kappa shape index (κ1) is 28.8. The van der Waals surface area contributed by atoms with Crippen LogP contribution in [-0.2, 0) is 6.42 Å². The van der Waals surface area contributed by atoms with Crippen molar-refractivity contribution in [2.75, 3.05) is 13.2 Å². The zero-order valence-electron chi connectivity index (χ0n) is 22.3. The smallest absolute Gasteiger partial charge is 0.250 e. The molecule has 5 aromatic rings. The summed E-state index contributed by atoms with van der Waals surface area (Å²) in [6.07, 6.45) is 4.89. The molecule has 5 N–H and O–H groups in total. The van der Waals surface area contributed by atoms with E-state index in [0.717, 1.165) is 33.8 Å². The Morgan fingerprint density at radius 1 is 1.05 bits per heavy atom. The van der Waals surface area contributed by atoms with Gasteiger partial charge in [0.25, 0.3) is 0 Å². The number of benzene rings is 2. The van der Waals surface area contributed by atoms with Gasteiger partial charge >= 0.3 is 0 Å². The molecule has 0 aliphatic rings. The van der Waals surface area contributed by atoms with Crippen LogP contribution in [0.25, 0.3) is 21.8 Å². The van der Waals surface area contributed by atoms with E-state index < -0.39 is 12.0 Å². The number of hydrogen-bond acceptors (Lipinski definition) is 7. The number of aromatic nitrogens is 3. The molecule has 0 unspecified atom stereocenters. The number of aromatic amines is 1. The molecule has 40 heavy (non-hydrogen) atoms. The van der Waals surface area contributed by atoms with Gasteiger partial charge in [-0.05, 0) is 50.1 Å². The van der Waals surface area contributed by atoms with Crippen molar-refractivity contribution < 1.29 is 19.4 Å². The lowest BCUT2D eigenvalue weighted by Crippen LogP contribution is -2.46. The van der Waals surface area contributed by atoms with Crippen LogP contribution >= 0.6 is 12.4 Å². The minimum Gasteiger partial charge on any atom is -0.488 e. The molecular formula is C30H32ClN5O4. The van der Waals surface area contributed by atoms with E-state index in [0.29, 0.717) is 29.5 Å². The van der Waals surface area contributed by atoms with Gasteiger partial charge in [-0.2, -0.15) is 0 Å². The molecule has 10 heteroatoms. The van der Waals surface area contributed by atoms with Crippen LogP contribution in [0.15, 0.2) is 79.3 Å². The maximum absolute atomic E-state index is 11.2. The molecule has 3 heterocycles. The maximum atomic E-state index is 11.2. The van der Waals surface area contributed by atoms with Crippen LogP contribution in [0.5, 0.6) is 17.4 Å². The zero-order chi connectivity index (χ0) is 27.4. The van der Waals surface area contributed by atoms with E-state index in [1.807, 2.05) is 48.5 Å². The van der Waals surface area contributed by atoms with Gasteiger partial charge in [0, 0.05) is 35.2 Å². The number of aliphatic hydroxyl groups excluding tert-OH is 1. The number of amides is 1. The Labute approximate surface area is 238 Å². The van der Waals surface area contributed by atoms with Crippen LogP contribution in [0.3, 0.4) is 0 Å². The van der Waals surface area contributed by atoms with Crippen molar-refractivity contribution in [3.63, 3.8) is 0 Å². The predicted octanol–water partition coefficient (Wildman–Crippen LogP) is 4.77. The van der Waals surface area contributed by atoms with Gasteiger partial charge in [0.1, 0.15) is 24.2 Å². The largest absolute Gasteiger partial charge is 0.488 e. The number of aliphatic hydroxyl groups is 1. The summed E-state index contributed by atoms with van der Waals surface area (Å²) >= 11 is 0. The fraction of sp³-hybridized carbons (Fsp3) is 0.233. The molecule has 0 saturated carbocycles. The summed E-state index contributed by atoms with van der Waals surface area (Å²) in [5.41, 5.74) is 8.33. The number of H-pyrrole nitrogens is 1. The number of carbonyl (C=O) groups excluding carboxylic acids is 1. The Morgan fingerprint density at radius 3 is 2.55 bits per heavy atom. The first-order chi connectivity index (χ1) is 18.8. The first-order valence-electron chi connectivity index (χ1n) is 12.7. The Bertz CT molecular complexity index is 1590. The molecule has 0 fully saturated rings. The van der Waals surface area contributed by atoms with Gasteiger partial charge in [-0.3, -0.25) is 9.78 Å². The van der Waals surface area contributed by atoms with E-state index in [1.165, 1.54) is 6.20 Å². The van der Waals surface area contributed by atoms with Gasteiger partial charge in [0.05, 0.1) is 28.9 Å². The number of hydrogen-bond donors (Lipinski definition) is 4. The number of rotatable bonds is 11. The molecule has 2 aromatic carbocycles. The SMILES string of the molecule is CC(C)(Cc1ccc(Oc2ccc(C(N)=O)cn2)cc1)NC[C@H](O)COc1cncc2[nH]c3ccccc3c12.Cl. The Kier molecular flexibility index (Phi) is 8.89. The number of nitrogens with two attached hydrogens (primary N) is 1. The second-order valence-corrected chi connectivity index (χ2v) is 10.1. The molecule has 0 saturated heterocycles. The van der Waals surface area contributed by atoms with Crippen LogP contribution in [0.2, 0.25) is 0 Å². The van der Waals surface area contributed by atoms with Gasteiger partial charge in [0.15, 0.2) is 0 Å². The van der Waals surface area contributed by atoms with E-state index in [1.54, 1.807) is 24.5 Å². The number of carbonyl (C=O) groups is 1. The Hall–Kier alpha value is -4.18. The molecule has 0 aliphatic heterocycles. The van der Waals surface area contributed by atoms with Gasteiger partial charge in [-0.15, -0.1) is 12.4 Å². The van der Waals surface area contributed by atoms with E-state index in [9.17, 15) is 9.90 Å². The minimum atomic E-state index is -0.700. The molecule has 0 aliphatic carbocycles. The summed E-state index contributed by atoms with van der Waals surface area (Å²) in [6, 6.07) is 18.9. The molecule has 3 aromatic heterocycles. The van der Waals surface area contributed by atoms with Crippen molar-refractivity contribution in [2.24, 2.45) is 5.73 Å². The molecular weight excluding hydrogens is 530 g/mol. The lowest BCUT2D eigenvalue weighted by atomic mass is 9.94. The van der Waals surface area contributed by atoms with Gasteiger partial charge < -0.3 is 30.6 Å². The Balaban J connectivity index is 0.00000370. The molecule has 0 bridgehead atoms. The third-order valence-electron chi connectivity index (χ3n) is 6.44. The lowest BCUT2D eigenvalue weighted by Gasteiger charge is -2.28. The highest BCUT2D eigenvalue weighted by atomic mass is 35.5. The summed E-state index contributed by atoms with van der Waals surface area (Å²) in [4.78, 5) is 22.9. The summed E-state index contributed by atoms with van der Waals surface area (Å²) in [5.74, 6) is 1.12. The first-order valence-corrected chi connectivity index (χ1v) is 12.7. The molecule has 1 amide bonds. The molecule has 5 rings (SSSR count). The second-order valence-electron chi connectivity index (χ2n) is 10.1. The topological polar surface area (TPSA) is 135 Å². The highest BCUT2D eigenvalue weighted by molar-refractivity contribution is 6.09. The highest BCUT2D eigenvalue weighted by Crippen LogP contribution is 2.32. The number of halogens is 1. The third-order valence-corrected chi connectivity index (χ3v) is 6.44. The van der Waals surface area contributed by atoms with Crippen LogP contribution < -0.4 is 20.5 Å². The number of nitrogens with one attached hydrogen (secondary N) is 2. The summed E-state index contributed by atoms with van der Waals surface area (Å²) in [5, 5.41) is 16.1. The average molecular weight is 562 g/mol. The van der Waals surface area contributed by atoms with Crippen LogP contribution in [-0.4, -0.2) is 50.8 Å². The van der Waals surface area contributed by atoms with Crippen molar-refractivity contribution in [1.82, 2.24) is 20.3 Å². The molecule has 0 spiro atoms. The Morgan fingerprint density at radius 2 is 1.82 bits per heavy atom. The van der Waals surface area contributed by atoms with Gasteiger partial charge in [-0.1, -0.05) is 30.3 Å². The van der Waals surface area contributed by atoms with Crippen molar-refractivity contribution in [2.45, 2.75) is 31.9 Å². The fourth-order valence-electron chi connectivity index (χ4n) is 4.47. The predicted molar refractivity (Wildman–Crippen MR) is 157 cm³/mol. The standard InChI is InChI=1S/C30H31N5O4.ClH/c1-30(2,13-19-7-10-22(11-8-19)39-27-12-9-20(14-33-27)29(31)37)34-15-21(36)18-38-26-17-32-16-25-28(26)23-5-3-4-6-24(23)35-25;/h3-12,14,16-17,21,34-36H,13,15,18H2,1-2H3,(H2,31,37);1H/t21-;/m0./s1. The summed E-state index contributed by atoms with van der Waals surface area (Å²) < 4.78 is 11.8. The van der Waals surface area contributed by atoms with Gasteiger partial charge in [0.2, 0.25) is 11.8 Å². The third kappa shape index (κ3) is 6.87. The number of fused-ring (bicyclic) bond motifs is 3. The van der Waals surface area contributed by atoms with E-state index in [-0.39, 0.29) is 24.6 Å². The monoisotopic (exact) mass is 561 g/mol. The molecule has 9 nitrogen and oxygen atoms in total. The lowest BCUT2D eigenvalue weighted by molar-refractivity contribution is 0.0994. The quantitative estimate of drug-likeness (QED) is 0.182. The normalized spacial score (nSPS) is 12.2. The van der Waals surface area contributed by atoms with Crippen LogP contribution in [0.1, 0.15) is 29.8 Å². The number of primary amides is 1. The number of ether oxygens (including phenoxy) is 2. The molecule has 208 valence electrons. The van der Waals surface area contributed by atoms with Crippen LogP contribution in [0, 0.1) is 0 Å². The average Bonchev–Trinajstić information content (AvgIpc) is 3.31. The fourth-order valence-corrected chi connectivity index (χ4v) is 4.47. The van der Waals surface area contributed by atoms with E-state index in [2.05, 4.69) is 34.1 Å². The number of pyridine rings is 2. The zero-order valence-corrected chi connectivity index (χ0v) is 23.1. The van der Waals surface area contributed by atoms with Crippen molar-refractivity contribution in [3.05, 3.63) is 90.4 Å². The highest BCUT2D eigenvalue weighted by Gasteiger charge is 2.20. The van der Waals surface area contributed by atoms with E-state index >= 15 is 0 Å². The maximum Gasteiger partial charge on any atom is 0.250 e. The van der Waals surface area contributed by atoms with Crippen molar-refractivity contribution >= 4 is 40.1 Å². The minimum absolute atomic E-state index is 0. The van der Waals surface area contributed by atoms with Crippen molar-refractivity contribution in [1.29, 1.82) is 0 Å². The number of para-hydroxylation sites is 1. The molecule has 1 atom stereocenters. The number of β-amino-alcohol motifs (C(OH)–C–C–N with tert-alkyl or cyclic N) is 1.